The van der Waals surface area contributed by atoms with Crippen molar-refractivity contribution in [2.24, 2.45) is 11.8 Å². The van der Waals surface area contributed by atoms with Crippen molar-refractivity contribution in [3.05, 3.63) is 46.0 Å². The predicted octanol–water partition coefficient (Wildman–Crippen LogP) is 3.34. The molecule has 1 aromatic rings. The molecule has 4 heteroatoms. The first kappa shape index (κ1) is 14.5. The molecule has 1 saturated carbocycles. The Balaban J connectivity index is 1.67. The molecule has 3 rings (SSSR count). The Kier molecular flexibility index (Phi) is 4.54. The van der Waals surface area contributed by atoms with Crippen LogP contribution in [0.25, 0.3) is 0 Å². The van der Waals surface area contributed by atoms with Crippen LogP contribution in [-0.4, -0.2) is 29.0 Å². The molecule has 1 aliphatic heterocycles. The number of likely N-dealkylation sites (tertiary alicyclic amines) is 1. The molecule has 0 amide bonds. The Morgan fingerprint density at radius 1 is 1.10 bits per heavy atom. The third-order valence-corrected chi connectivity index (χ3v) is 5.18. The van der Waals surface area contributed by atoms with Crippen LogP contribution >= 0.6 is 0 Å². The molecule has 0 N–H and O–H groups in total. The standard InChI is InChI=1S/C17H24N2O2/c20-19(21)17-13-18(11-14-7-3-1-4-8-14)12-16(17)15-9-5-2-6-10-15/h1,3-4,7-8,15-17H,2,5-6,9-13H2/t16-,17+/m0/s1. The van der Waals surface area contributed by atoms with Crippen LogP contribution < -0.4 is 0 Å². The summed E-state index contributed by atoms with van der Waals surface area (Å²) in [6.07, 6.45) is 6.19. The lowest BCUT2D eigenvalue weighted by Gasteiger charge is -2.27. The summed E-state index contributed by atoms with van der Waals surface area (Å²) in [5.41, 5.74) is 1.25. The Hall–Kier alpha value is -1.42. The average molecular weight is 288 g/mol. The molecule has 0 spiro atoms. The molecule has 4 nitrogen and oxygen atoms in total. The number of hydrogen-bond donors (Lipinski definition) is 0. The van der Waals surface area contributed by atoms with Gasteiger partial charge in [-0.3, -0.25) is 15.0 Å². The molecule has 2 fully saturated rings. The lowest BCUT2D eigenvalue weighted by molar-refractivity contribution is -0.527. The van der Waals surface area contributed by atoms with E-state index in [1.54, 1.807) is 0 Å². The highest BCUT2D eigenvalue weighted by molar-refractivity contribution is 5.14. The highest BCUT2D eigenvalue weighted by atomic mass is 16.6. The first-order valence-electron chi connectivity index (χ1n) is 8.14. The van der Waals surface area contributed by atoms with Gasteiger partial charge in [-0.05, 0) is 24.3 Å². The highest BCUT2D eigenvalue weighted by Crippen LogP contribution is 2.36. The number of benzene rings is 1. The number of nitrogens with zero attached hydrogens (tertiary/aromatic N) is 2. The average Bonchev–Trinajstić information content (AvgIpc) is 2.93. The minimum Gasteiger partial charge on any atom is -0.292 e. The molecule has 2 atom stereocenters. The molecule has 0 unspecified atom stereocenters. The second-order valence-corrected chi connectivity index (χ2v) is 6.59. The van der Waals surface area contributed by atoms with Gasteiger partial charge < -0.3 is 0 Å². The van der Waals surface area contributed by atoms with Gasteiger partial charge in [0.05, 0.1) is 6.54 Å². The van der Waals surface area contributed by atoms with Crippen molar-refractivity contribution in [2.45, 2.75) is 44.7 Å². The molecular formula is C17H24N2O2. The van der Waals surface area contributed by atoms with Crippen molar-refractivity contribution in [1.82, 2.24) is 4.90 Å². The SMILES string of the molecule is O=[N+]([O-])[C@@H]1CN(Cc2ccccc2)C[C@H]1C1CCCCC1. The third kappa shape index (κ3) is 3.43. The molecule has 21 heavy (non-hydrogen) atoms. The van der Waals surface area contributed by atoms with E-state index in [-0.39, 0.29) is 16.9 Å². The maximum atomic E-state index is 11.4. The van der Waals surface area contributed by atoms with Gasteiger partial charge in [0.2, 0.25) is 6.04 Å². The number of rotatable bonds is 4. The molecule has 0 radical (unpaired) electrons. The second kappa shape index (κ2) is 6.56. The molecule has 114 valence electrons. The van der Waals surface area contributed by atoms with Gasteiger partial charge >= 0.3 is 0 Å². The van der Waals surface area contributed by atoms with E-state index in [2.05, 4.69) is 17.0 Å². The van der Waals surface area contributed by atoms with Gasteiger partial charge in [0.15, 0.2) is 0 Å². The smallest absolute Gasteiger partial charge is 0.229 e. The van der Waals surface area contributed by atoms with Gasteiger partial charge in [-0.1, -0.05) is 49.6 Å². The maximum Gasteiger partial charge on any atom is 0.229 e. The van der Waals surface area contributed by atoms with Crippen molar-refractivity contribution in [2.75, 3.05) is 13.1 Å². The number of hydrogen-bond acceptors (Lipinski definition) is 3. The normalized spacial score (nSPS) is 27.8. The summed E-state index contributed by atoms with van der Waals surface area (Å²) in [6, 6.07) is 9.93. The maximum absolute atomic E-state index is 11.4. The third-order valence-electron chi connectivity index (χ3n) is 5.18. The second-order valence-electron chi connectivity index (χ2n) is 6.59. The van der Waals surface area contributed by atoms with Gasteiger partial charge in [0.1, 0.15) is 0 Å². The van der Waals surface area contributed by atoms with Crippen LogP contribution in [0.15, 0.2) is 30.3 Å². The monoisotopic (exact) mass is 288 g/mol. The van der Waals surface area contributed by atoms with Crippen molar-refractivity contribution < 1.29 is 4.92 Å². The van der Waals surface area contributed by atoms with E-state index in [0.29, 0.717) is 12.5 Å². The Labute approximate surface area is 126 Å². The lowest BCUT2D eigenvalue weighted by atomic mass is 9.78. The highest BCUT2D eigenvalue weighted by Gasteiger charge is 2.44. The Bertz CT molecular complexity index is 471. The molecule has 0 aromatic heterocycles. The first-order chi connectivity index (χ1) is 10.2. The van der Waals surface area contributed by atoms with Gasteiger partial charge in [0.25, 0.3) is 0 Å². The molecule has 1 heterocycles. The fourth-order valence-electron chi connectivity index (χ4n) is 4.11. The number of nitro groups is 1. The van der Waals surface area contributed by atoms with Crippen molar-refractivity contribution in [3.8, 4) is 0 Å². The van der Waals surface area contributed by atoms with Gasteiger partial charge in [-0.25, -0.2) is 0 Å². The van der Waals surface area contributed by atoms with Crippen LogP contribution in [0, 0.1) is 22.0 Å². The van der Waals surface area contributed by atoms with E-state index >= 15 is 0 Å². The quantitative estimate of drug-likeness (QED) is 0.630. The minimum atomic E-state index is -0.364. The van der Waals surface area contributed by atoms with E-state index in [4.69, 9.17) is 0 Å². The van der Waals surface area contributed by atoms with Gasteiger partial charge in [0, 0.05) is 23.9 Å². The van der Waals surface area contributed by atoms with Crippen molar-refractivity contribution >= 4 is 0 Å². The van der Waals surface area contributed by atoms with Crippen molar-refractivity contribution in [1.29, 1.82) is 0 Å². The van der Waals surface area contributed by atoms with Crippen LogP contribution in [0.4, 0.5) is 0 Å². The van der Waals surface area contributed by atoms with Gasteiger partial charge in [-0.2, -0.15) is 0 Å². The zero-order chi connectivity index (χ0) is 14.7. The fraction of sp³-hybridized carbons (Fsp3) is 0.647. The van der Waals surface area contributed by atoms with Crippen LogP contribution in [0.1, 0.15) is 37.7 Å². The van der Waals surface area contributed by atoms with Crippen LogP contribution in [-0.2, 0) is 6.54 Å². The fourth-order valence-corrected chi connectivity index (χ4v) is 4.11. The summed E-state index contributed by atoms with van der Waals surface area (Å²) < 4.78 is 0. The molecule has 1 saturated heterocycles. The van der Waals surface area contributed by atoms with Crippen molar-refractivity contribution in [3.63, 3.8) is 0 Å². The van der Waals surface area contributed by atoms with E-state index < -0.39 is 0 Å². The van der Waals surface area contributed by atoms with Gasteiger partial charge in [-0.15, -0.1) is 0 Å². The summed E-state index contributed by atoms with van der Waals surface area (Å²) in [5.74, 6) is 0.818. The molecular weight excluding hydrogens is 264 g/mol. The first-order valence-corrected chi connectivity index (χ1v) is 8.14. The molecule has 0 bridgehead atoms. The topological polar surface area (TPSA) is 46.4 Å². The molecule has 2 aliphatic rings. The Morgan fingerprint density at radius 2 is 1.81 bits per heavy atom. The lowest BCUT2D eigenvalue weighted by Crippen LogP contribution is -2.33. The summed E-state index contributed by atoms with van der Waals surface area (Å²) in [4.78, 5) is 13.7. The van der Waals surface area contributed by atoms with Crippen LogP contribution in [0.2, 0.25) is 0 Å². The molecule has 1 aliphatic carbocycles. The van der Waals surface area contributed by atoms with E-state index in [1.165, 1.54) is 37.7 Å². The van der Waals surface area contributed by atoms with E-state index in [9.17, 15) is 10.1 Å². The zero-order valence-electron chi connectivity index (χ0n) is 12.5. The summed E-state index contributed by atoms with van der Waals surface area (Å²) in [5, 5.41) is 11.4. The predicted molar refractivity (Wildman–Crippen MR) is 82.6 cm³/mol. The summed E-state index contributed by atoms with van der Waals surface area (Å²) in [6.45, 7) is 2.35. The van der Waals surface area contributed by atoms with E-state index in [1.807, 2.05) is 18.2 Å². The summed E-state index contributed by atoms with van der Waals surface area (Å²) >= 11 is 0. The summed E-state index contributed by atoms with van der Waals surface area (Å²) in [7, 11) is 0. The minimum absolute atomic E-state index is 0.0235. The Morgan fingerprint density at radius 3 is 2.48 bits per heavy atom. The molecule has 1 aromatic carbocycles. The zero-order valence-corrected chi connectivity index (χ0v) is 12.5. The van der Waals surface area contributed by atoms with E-state index in [0.717, 1.165) is 13.1 Å². The van der Waals surface area contributed by atoms with Crippen LogP contribution in [0.3, 0.4) is 0 Å². The largest absolute Gasteiger partial charge is 0.292 e. The van der Waals surface area contributed by atoms with Crippen LogP contribution in [0.5, 0.6) is 0 Å².